The van der Waals surface area contributed by atoms with Crippen LogP contribution in [0.15, 0.2) is 60.7 Å². The van der Waals surface area contributed by atoms with Crippen molar-refractivity contribution < 1.29 is 36.9 Å². The summed E-state index contributed by atoms with van der Waals surface area (Å²) >= 11 is 0. The van der Waals surface area contributed by atoms with Gasteiger partial charge in [-0.05, 0) is 18.1 Å². The fourth-order valence-corrected chi connectivity index (χ4v) is 7.14. The summed E-state index contributed by atoms with van der Waals surface area (Å²) in [5.41, 5.74) is 2.61. The van der Waals surface area contributed by atoms with Crippen molar-refractivity contribution in [3.05, 3.63) is 77.4 Å². The SMILES string of the molecule is CCOc1nc(OC)c(CN2C[C@@H]3CN(C(=O)N4CCOCC4)CCN3[C@H](C(c3ccccc3)c3ccccc3)C2)c(OCC(F)(F)F)n1.Cl.Cl. The topological polar surface area (TPSA) is 92.7 Å². The second kappa shape index (κ2) is 18.3. The van der Waals surface area contributed by atoms with Crippen molar-refractivity contribution >= 4 is 30.8 Å². The average molecular weight is 758 g/mol. The zero-order valence-electron chi connectivity index (χ0n) is 28.7. The normalized spacial score (nSPS) is 19.8. The number of benzene rings is 2. The van der Waals surface area contributed by atoms with Crippen LogP contribution < -0.4 is 14.2 Å². The fourth-order valence-electron chi connectivity index (χ4n) is 7.14. The molecule has 2 amide bonds. The van der Waals surface area contributed by atoms with Crippen molar-refractivity contribution in [2.45, 2.75) is 37.6 Å². The molecule has 6 rings (SSSR count). The number of amides is 2. The molecule has 2 atom stereocenters. The second-order valence-electron chi connectivity index (χ2n) is 12.4. The van der Waals surface area contributed by atoms with Gasteiger partial charge in [0.1, 0.15) is 0 Å². The van der Waals surface area contributed by atoms with Crippen molar-refractivity contribution in [3.63, 3.8) is 0 Å². The van der Waals surface area contributed by atoms with Crippen LogP contribution in [0, 0.1) is 0 Å². The molecule has 0 saturated carbocycles. The van der Waals surface area contributed by atoms with Crippen LogP contribution in [-0.4, -0.2) is 133 Å². The number of piperazine rings is 2. The molecule has 0 spiro atoms. The van der Waals surface area contributed by atoms with Crippen molar-refractivity contribution in [1.29, 1.82) is 0 Å². The highest BCUT2D eigenvalue weighted by molar-refractivity contribution is 5.85. The summed E-state index contributed by atoms with van der Waals surface area (Å²) in [5, 5.41) is 0. The van der Waals surface area contributed by atoms with Gasteiger partial charge in [-0.3, -0.25) is 9.80 Å². The third-order valence-electron chi connectivity index (χ3n) is 9.25. The number of fused-ring (bicyclic) bond motifs is 1. The van der Waals surface area contributed by atoms with Gasteiger partial charge < -0.3 is 28.7 Å². The number of hydrogen-bond donors (Lipinski definition) is 0. The van der Waals surface area contributed by atoms with Crippen LogP contribution in [-0.2, 0) is 11.3 Å². The highest BCUT2D eigenvalue weighted by Gasteiger charge is 2.44. The number of nitrogens with zero attached hydrogens (tertiary/aromatic N) is 6. The number of hydrogen-bond acceptors (Lipinski definition) is 9. The van der Waals surface area contributed by atoms with E-state index in [1.807, 2.05) is 46.2 Å². The molecule has 0 bridgehead atoms. The molecule has 11 nitrogen and oxygen atoms in total. The first kappa shape index (κ1) is 40.2. The quantitative estimate of drug-likeness (QED) is 0.280. The first-order valence-corrected chi connectivity index (χ1v) is 16.7. The summed E-state index contributed by atoms with van der Waals surface area (Å²) in [5.74, 6) is -0.166. The van der Waals surface area contributed by atoms with E-state index in [0.717, 1.165) is 11.1 Å². The highest BCUT2D eigenvalue weighted by Crippen LogP contribution is 2.38. The Bertz CT molecular complexity index is 1500. The smallest absolute Gasteiger partial charge is 0.422 e. The minimum Gasteiger partial charge on any atom is -0.481 e. The molecule has 3 saturated heterocycles. The lowest BCUT2D eigenvalue weighted by atomic mass is 9.81. The Morgan fingerprint density at radius 3 is 2.08 bits per heavy atom. The molecule has 3 aromatic rings. The van der Waals surface area contributed by atoms with Crippen LogP contribution in [0.1, 0.15) is 29.5 Å². The number of rotatable bonds is 10. The van der Waals surface area contributed by atoms with E-state index in [1.165, 1.54) is 7.11 Å². The maximum Gasteiger partial charge on any atom is 0.422 e. The summed E-state index contributed by atoms with van der Waals surface area (Å²) in [6.07, 6.45) is -4.57. The third kappa shape index (κ3) is 9.86. The summed E-state index contributed by atoms with van der Waals surface area (Å²) in [4.78, 5) is 30.7. The second-order valence-corrected chi connectivity index (χ2v) is 12.4. The molecule has 0 N–H and O–H groups in total. The number of carbonyl (C=O) groups excluding carboxylic acids is 1. The van der Waals surface area contributed by atoms with Crippen LogP contribution in [0.5, 0.6) is 17.8 Å². The van der Waals surface area contributed by atoms with Crippen molar-refractivity contribution in [2.75, 3.05) is 79.4 Å². The monoisotopic (exact) mass is 756 g/mol. The average Bonchev–Trinajstić information content (AvgIpc) is 3.12. The van der Waals surface area contributed by atoms with Crippen LogP contribution >= 0.6 is 24.8 Å². The van der Waals surface area contributed by atoms with Crippen LogP contribution in [0.3, 0.4) is 0 Å². The molecule has 4 heterocycles. The van der Waals surface area contributed by atoms with E-state index in [-0.39, 0.29) is 79.8 Å². The van der Waals surface area contributed by atoms with E-state index in [9.17, 15) is 18.0 Å². The largest absolute Gasteiger partial charge is 0.481 e. The Morgan fingerprint density at radius 2 is 1.49 bits per heavy atom. The molecule has 3 fully saturated rings. The Balaban J connectivity index is 0.00000292. The van der Waals surface area contributed by atoms with E-state index in [4.69, 9.17) is 18.9 Å². The predicted molar refractivity (Wildman–Crippen MR) is 189 cm³/mol. The number of morpholine rings is 1. The van der Waals surface area contributed by atoms with Gasteiger partial charge in [0.15, 0.2) is 6.61 Å². The maximum absolute atomic E-state index is 13.6. The number of aromatic nitrogens is 2. The fraction of sp³-hybridized carbons (Fsp3) is 0.514. The molecule has 1 aromatic heterocycles. The minimum absolute atomic E-state index is 0. The van der Waals surface area contributed by atoms with Gasteiger partial charge in [-0.15, -0.1) is 24.8 Å². The van der Waals surface area contributed by atoms with Crippen molar-refractivity contribution in [1.82, 2.24) is 29.6 Å². The molecular formula is C35H45Cl2F3N6O5. The molecule has 0 aliphatic carbocycles. The van der Waals surface area contributed by atoms with Gasteiger partial charge in [0.2, 0.25) is 11.8 Å². The highest BCUT2D eigenvalue weighted by atomic mass is 35.5. The number of alkyl halides is 3. The number of halogens is 5. The molecule has 0 unspecified atom stereocenters. The van der Waals surface area contributed by atoms with Crippen LogP contribution in [0.4, 0.5) is 18.0 Å². The first-order chi connectivity index (χ1) is 23.7. The van der Waals surface area contributed by atoms with Gasteiger partial charge >= 0.3 is 18.2 Å². The summed E-state index contributed by atoms with van der Waals surface area (Å²) < 4.78 is 61.8. The van der Waals surface area contributed by atoms with Gasteiger partial charge in [-0.1, -0.05) is 60.7 Å². The lowest BCUT2D eigenvalue weighted by Crippen LogP contribution is -2.68. The van der Waals surface area contributed by atoms with E-state index in [0.29, 0.717) is 64.6 Å². The zero-order valence-corrected chi connectivity index (χ0v) is 30.3. The number of methoxy groups -OCH3 is 1. The van der Waals surface area contributed by atoms with Crippen LogP contribution in [0.25, 0.3) is 0 Å². The summed E-state index contributed by atoms with van der Waals surface area (Å²) in [7, 11) is 1.41. The van der Waals surface area contributed by atoms with Gasteiger partial charge in [0, 0.05) is 70.4 Å². The Labute approximate surface area is 308 Å². The van der Waals surface area contributed by atoms with E-state index in [2.05, 4.69) is 44.0 Å². The Morgan fingerprint density at radius 1 is 0.863 bits per heavy atom. The standard InChI is InChI=1S/C35H43F3N6O5.2ClH/c1-3-48-33-39-31(46-2)28(32(40-33)49-24-35(36,37)38)22-41-20-27-21-43(34(45)42-16-18-47-19-17-42)14-15-44(27)29(23-41)30(25-10-6-4-7-11-25)26-12-8-5-9-13-26;;/h4-13,27,29-30H,3,14-24H2,1-2H3;2*1H/t27-,29+;;/m1../s1. The Hall–Kier alpha value is -3.56. The number of carbonyl (C=O) groups is 1. The van der Waals surface area contributed by atoms with Crippen molar-refractivity contribution in [2.24, 2.45) is 0 Å². The predicted octanol–water partition coefficient (Wildman–Crippen LogP) is 5.12. The number of ether oxygens (including phenoxy) is 4. The first-order valence-electron chi connectivity index (χ1n) is 16.7. The summed E-state index contributed by atoms with van der Waals surface area (Å²) in [6, 6.07) is 20.5. The van der Waals surface area contributed by atoms with Gasteiger partial charge in [0.25, 0.3) is 0 Å². The zero-order chi connectivity index (χ0) is 34.4. The molecule has 3 aliphatic heterocycles. The Kier molecular flexibility index (Phi) is 14.4. The van der Waals surface area contributed by atoms with Gasteiger partial charge in [-0.25, -0.2) is 4.79 Å². The molecule has 16 heteroatoms. The van der Waals surface area contributed by atoms with Gasteiger partial charge in [-0.2, -0.15) is 23.1 Å². The van der Waals surface area contributed by atoms with E-state index in [1.54, 1.807) is 6.92 Å². The molecule has 3 aliphatic rings. The third-order valence-corrected chi connectivity index (χ3v) is 9.25. The minimum atomic E-state index is -4.57. The molecule has 280 valence electrons. The van der Waals surface area contributed by atoms with E-state index < -0.39 is 12.8 Å². The lowest BCUT2D eigenvalue weighted by molar-refractivity contribution is -0.154. The summed E-state index contributed by atoms with van der Waals surface area (Å²) in [6.45, 7) is 5.66. The lowest BCUT2D eigenvalue weighted by Gasteiger charge is -2.54. The van der Waals surface area contributed by atoms with Crippen LogP contribution in [0.2, 0.25) is 0 Å². The van der Waals surface area contributed by atoms with Crippen molar-refractivity contribution in [3.8, 4) is 17.8 Å². The van der Waals surface area contributed by atoms with E-state index >= 15 is 0 Å². The maximum atomic E-state index is 13.6. The molecule has 2 aromatic carbocycles. The molecular weight excluding hydrogens is 712 g/mol. The number of urea groups is 1. The molecule has 51 heavy (non-hydrogen) atoms. The van der Waals surface area contributed by atoms with Gasteiger partial charge in [0.05, 0.1) is 32.5 Å². The molecule has 0 radical (unpaired) electrons.